The van der Waals surface area contributed by atoms with Gasteiger partial charge in [0.15, 0.2) is 0 Å². The normalized spacial score (nSPS) is 21.8. The fourth-order valence-electron chi connectivity index (χ4n) is 1.20. The summed E-state index contributed by atoms with van der Waals surface area (Å²) < 4.78 is 26.4. The maximum absolute atomic E-state index is 11.6. The molecule has 1 saturated heterocycles. The monoisotopic (exact) mass is 324 g/mol. The molecule has 1 unspecified atom stereocenters. The lowest BCUT2D eigenvalue weighted by Crippen LogP contribution is -2.36. The summed E-state index contributed by atoms with van der Waals surface area (Å²) >= 11 is 16.1. The molecule has 0 aromatic rings. The fraction of sp³-hybridized carbons (Fsp3) is 0.857. The van der Waals surface area contributed by atoms with Crippen LogP contribution in [0.2, 0.25) is 0 Å². The van der Waals surface area contributed by atoms with Crippen molar-refractivity contribution in [2.24, 2.45) is 0 Å². The number of hydrogen-bond acceptors (Lipinski definition) is 4. The number of carbonyl (C=O) groups is 1. The Bertz CT molecular complexity index is 394. The summed E-state index contributed by atoms with van der Waals surface area (Å²) in [5.41, 5.74) is 0. The standard InChI is InChI=1S/C7H11Cl3N2O4S/c1-2-5-3-12(6(13)11-5)17(14,15)16-4-7(8,9)10/h5H,2-4H2,1H3,(H,11,13). The molecular weight excluding hydrogens is 315 g/mol. The van der Waals surface area contributed by atoms with Crippen molar-refractivity contribution in [1.82, 2.24) is 9.62 Å². The van der Waals surface area contributed by atoms with Crippen molar-refractivity contribution in [2.75, 3.05) is 13.2 Å². The number of nitrogens with one attached hydrogen (secondary N) is 1. The highest BCUT2D eigenvalue weighted by molar-refractivity contribution is 7.84. The number of halogens is 3. The van der Waals surface area contributed by atoms with Gasteiger partial charge in [-0.05, 0) is 6.42 Å². The van der Waals surface area contributed by atoms with Gasteiger partial charge in [0, 0.05) is 6.04 Å². The molecule has 0 bridgehead atoms. The molecule has 0 saturated carbocycles. The Labute approximate surface area is 114 Å². The average Bonchev–Trinajstić information content (AvgIpc) is 2.57. The van der Waals surface area contributed by atoms with Crippen molar-refractivity contribution in [2.45, 2.75) is 23.2 Å². The van der Waals surface area contributed by atoms with E-state index in [1.165, 1.54) is 0 Å². The second-order valence-electron chi connectivity index (χ2n) is 3.42. The van der Waals surface area contributed by atoms with Gasteiger partial charge in [-0.15, -0.1) is 0 Å². The Morgan fingerprint density at radius 2 is 2.12 bits per heavy atom. The maximum Gasteiger partial charge on any atom is 0.366 e. The molecule has 0 radical (unpaired) electrons. The summed E-state index contributed by atoms with van der Waals surface area (Å²) in [6, 6.07) is -0.963. The number of carbonyl (C=O) groups excluding carboxylic acids is 1. The van der Waals surface area contributed by atoms with Crippen LogP contribution in [0, 0.1) is 0 Å². The minimum atomic E-state index is -4.22. The molecule has 1 aliphatic heterocycles. The molecule has 1 N–H and O–H groups in total. The molecule has 0 aliphatic carbocycles. The summed E-state index contributed by atoms with van der Waals surface area (Å²) in [7, 11) is -4.22. The number of urea groups is 1. The van der Waals surface area contributed by atoms with Crippen molar-refractivity contribution in [3.63, 3.8) is 0 Å². The summed E-state index contributed by atoms with van der Waals surface area (Å²) in [6.07, 6.45) is 0.613. The van der Waals surface area contributed by atoms with Gasteiger partial charge in [-0.2, -0.15) is 12.7 Å². The van der Waals surface area contributed by atoms with E-state index in [2.05, 4.69) is 9.50 Å². The first-order chi connectivity index (χ1) is 7.65. The van der Waals surface area contributed by atoms with E-state index >= 15 is 0 Å². The highest BCUT2D eigenvalue weighted by atomic mass is 35.6. The minimum absolute atomic E-state index is 0.0114. The van der Waals surface area contributed by atoms with Crippen LogP contribution in [0.4, 0.5) is 4.79 Å². The van der Waals surface area contributed by atoms with Gasteiger partial charge >= 0.3 is 16.3 Å². The van der Waals surface area contributed by atoms with E-state index in [0.29, 0.717) is 10.7 Å². The maximum atomic E-state index is 11.6. The third kappa shape index (κ3) is 4.33. The predicted octanol–water partition coefficient (Wildman–Crippen LogP) is 1.42. The van der Waals surface area contributed by atoms with E-state index in [4.69, 9.17) is 34.8 Å². The van der Waals surface area contributed by atoms with E-state index in [-0.39, 0.29) is 12.6 Å². The van der Waals surface area contributed by atoms with Crippen LogP contribution in [0.15, 0.2) is 0 Å². The van der Waals surface area contributed by atoms with Gasteiger partial charge in [-0.1, -0.05) is 41.7 Å². The Kier molecular flexibility index (Phi) is 4.76. The quantitative estimate of drug-likeness (QED) is 0.793. The summed E-state index contributed by atoms with van der Waals surface area (Å²) in [6.45, 7) is 1.18. The summed E-state index contributed by atoms with van der Waals surface area (Å²) in [5, 5.41) is 2.49. The van der Waals surface area contributed by atoms with E-state index in [0.717, 1.165) is 0 Å². The first kappa shape index (κ1) is 15.1. The third-order valence-electron chi connectivity index (χ3n) is 2.07. The number of alkyl halides is 3. The van der Waals surface area contributed by atoms with Crippen LogP contribution in [-0.4, -0.2) is 41.7 Å². The van der Waals surface area contributed by atoms with Gasteiger partial charge in [-0.3, -0.25) is 0 Å². The van der Waals surface area contributed by atoms with Crippen LogP contribution in [0.25, 0.3) is 0 Å². The third-order valence-corrected chi connectivity index (χ3v) is 3.67. The Morgan fingerprint density at radius 1 is 1.53 bits per heavy atom. The lowest BCUT2D eigenvalue weighted by Gasteiger charge is -2.16. The molecule has 17 heavy (non-hydrogen) atoms. The second kappa shape index (κ2) is 5.36. The molecule has 10 heteroatoms. The molecular formula is C7H11Cl3N2O4S. The molecule has 100 valence electrons. The Morgan fingerprint density at radius 3 is 2.53 bits per heavy atom. The lowest BCUT2D eigenvalue weighted by atomic mass is 10.2. The summed E-state index contributed by atoms with van der Waals surface area (Å²) in [5.74, 6) is 0. The zero-order valence-electron chi connectivity index (χ0n) is 8.82. The Balaban J connectivity index is 2.68. The van der Waals surface area contributed by atoms with Gasteiger partial charge in [0.05, 0.1) is 6.54 Å². The number of rotatable bonds is 4. The van der Waals surface area contributed by atoms with E-state index in [9.17, 15) is 13.2 Å². The predicted molar refractivity (Wildman–Crippen MR) is 64.5 cm³/mol. The Hall–Kier alpha value is 0.0500. The molecule has 1 heterocycles. The van der Waals surface area contributed by atoms with Gasteiger partial charge in [-0.25, -0.2) is 8.98 Å². The molecule has 0 aromatic carbocycles. The van der Waals surface area contributed by atoms with Crippen LogP contribution < -0.4 is 5.32 Å². The van der Waals surface area contributed by atoms with Crippen LogP contribution >= 0.6 is 34.8 Å². The van der Waals surface area contributed by atoms with E-state index < -0.39 is 26.7 Å². The molecule has 1 atom stereocenters. The SMILES string of the molecule is CCC1CN(S(=O)(=O)OCC(Cl)(Cl)Cl)C(=O)N1. The van der Waals surface area contributed by atoms with Gasteiger partial charge < -0.3 is 5.32 Å². The zero-order chi connectivity index (χ0) is 13.3. The van der Waals surface area contributed by atoms with Crippen molar-refractivity contribution in [3.8, 4) is 0 Å². The lowest BCUT2D eigenvalue weighted by molar-refractivity contribution is 0.227. The average molecular weight is 326 g/mol. The summed E-state index contributed by atoms with van der Waals surface area (Å²) in [4.78, 5) is 11.4. The van der Waals surface area contributed by atoms with Crippen molar-refractivity contribution >= 4 is 51.1 Å². The molecule has 0 spiro atoms. The van der Waals surface area contributed by atoms with E-state index in [1.807, 2.05) is 6.92 Å². The topological polar surface area (TPSA) is 75.7 Å². The first-order valence-electron chi connectivity index (χ1n) is 4.70. The fourth-order valence-corrected chi connectivity index (χ4v) is 2.63. The van der Waals surface area contributed by atoms with Gasteiger partial charge in [0.1, 0.15) is 6.61 Å². The van der Waals surface area contributed by atoms with Crippen LogP contribution in [0.3, 0.4) is 0 Å². The number of hydrogen-bond donors (Lipinski definition) is 1. The largest absolute Gasteiger partial charge is 0.366 e. The highest BCUT2D eigenvalue weighted by Gasteiger charge is 2.38. The number of amides is 2. The first-order valence-corrected chi connectivity index (χ1v) is 7.20. The minimum Gasteiger partial charge on any atom is -0.333 e. The molecule has 1 rings (SSSR count). The smallest absolute Gasteiger partial charge is 0.333 e. The van der Waals surface area contributed by atoms with Crippen LogP contribution in [0.5, 0.6) is 0 Å². The van der Waals surface area contributed by atoms with Crippen molar-refractivity contribution in [1.29, 1.82) is 0 Å². The van der Waals surface area contributed by atoms with Crippen molar-refractivity contribution < 1.29 is 17.4 Å². The van der Waals surface area contributed by atoms with E-state index in [1.54, 1.807) is 0 Å². The molecule has 0 aromatic heterocycles. The van der Waals surface area contributed by atoms with Crippen LogP contribution in [-0.2, 0) is 14.5 Å². The molecule has 1 aliphatic rings. The molecule has 6 nitrogen and oxygen atoms in total. The van der Waals surface area contributed by atoms with Gasteiger partial charge in [0.25, 0.3) is 0 Å². The number of nitrogens with zero attached hydrogens (tertiary/aromatic N) is 1. The van der Waals surface area contributed by atoms with Gasteiger partial charge in [0.2, 0.25) is 3.79 Å². The highest BCUT2D eigenvalue weighted by Crippen LogP contribution is 2.27. The molecule has 2 amide bonds. The molecule has 1 fully saturated rings. The van der Waals surface area contributed by atoms with Crippen molar-refractivity contribution in [3.05, 3.63) is 0 Å². The zero-order valence-corrected chi connectivity index (χ0v) is 11.9. The van der Waals surface area contributed by atoms with Crippen LogP contribution in [0.1, 0.15) is 13.3 Å². The second-order valence-corrected chi connectivity index (χ2v) is 7.47.